The van der Waals surface area contributed by atoms with E-state index in [0.717, 1.165) is 0 Å². The Hall–Kier alpha value is -1.96. The average Bonchev–Trinajstić information content (AvgIpc) is 3.42. The SMILES string of the molecule is Cc1ccc2c(c1)[cH-]c1cc(C)ccc12.Cl.Cl.[CH3-].[CH3-].[Si]=[Zr].c1ccc(-c2c[cH-]c3ccccc23)cc1. The van der Waals surface area contributed by atoms with Gasteiger partial charge in [0.15, 0.2) is 0 Å². The fourth-order valence-electron chi connectivity index (χ4n) is 4.28. The zero-order valence-electron chi connectivity index (χ0n) is 21.2. The van der Waals surface area contributed by atoms with Gasteiger partial charge >= 0.3 is 30.2 Å². The van der Waals surface area contributed by atoms with E-state index in [-0.39, 0.29) is 39.7 Å². The van der Waals surface area contributed by atoms with Gasteiger partial charge in [-0.2, -0.15) is 0 Å². The molecular formula is C32H32Cl2SiZr-4. The van der Waals surface area contributed by atoms with Crippen LogP contribution in [0.15, 0.2) is 109 Å². The van der Waals surface area contributed by atoms with Gasteiger partial charge in [-0.3, -0.25) is 0 Å². The summed E-state index contributed by atoms with van der Waals surface area (Å²) < 4.78 is 0. The summed E-state index contributed by atoms with van der Waals surface area (Å²) in [4.78, 5) is 0. The summed E-state index contributed by atoms with van der Waals surface area (Å²) in [5.41, 5.74) is 5.27. The van der Waals surface area contributed by atoms with Crippen molar-refractivity contribution in [3.05, 3.63) is 135 Å². The third-order valence-corrected chi connectivity index (χ3v) is 5.78. The second-order valence-electron chi connectivity index (χ2n) is 8.03. The normalized spacial score (nSPS) is 9.25. The number of halogens is 2. The van der Waals surface area contributed by atoms with Crippen molar-refractivity contribution in [1.29, 1.82) is 0 Å². The molecule has 0 saturated carbocycles. The van der Waals surface area contributed by atoms with Crippen LogP contribution >= 0.6 is 24.8 Å². The largest absolute Gasteiger partial charge is 0.150 e. The summed E-state index contributed by atoms with van der Waals surface area (Å²) in [6.45, 7) is 7.34. The summed E-state index contributed by atoms with van der Waals surface area (Å²) in [6, 6.07) is 39.0. The Bertz CT molecular complexity index is 1430. The molecule has 2 radical (unpaired) electrons. The van der Waals surface area contributed by atoms with Crippen LogP contribution in [0.1, 0.15) is 11.1 Å². The molecule has 0 heterocycles. The van der Waals surface area contributed by atoms with E-state index in [4.69, 9.17) is 0 Å². The molecule has 6 rings (SSSR count). The van der Waals surface area contributed by atoms with Crippen molar-refractivity contribution in [3.8, 4) is 11.1 Å². The fourth-order valence-corrected chi connectivity index (χ4v) is 4.28. The van der Waals surface area contributed by atoms with E-state index in [1.54, 1.807) is 0 Å². The minimum absolute atomic E-state index is 0. The van der Waals surface area contributed by atoms with Crippen molar-refractivity contribution in [1.82, 2.24) is 0 Å². The van der Waals surface area contributed by atoms with Gasteiger partial charge in [0.25, 0.3) is 0 Å². The van der Waals surface area contributed by atoms with Crippen LogP contribution < -0.4 is 0 Å². The van der Waals surface area contributed by atoms with Crippen molar-refractivity contribution in [3.63, 3.8) is 0 Å². The van der Waals surface area contributed by atoms with Crippen LogP contribution in [0, 0.1) is 28.7 Å². The Morgan fingerprint density at radius 2 is 1.08 bits per heavy atom. The molecule has 0 atom stereocenters. The van der Waals surface area contributed by atoms with E-state index in [0.29, 0.717) is 0 Å². The van der Waals surface area contributed by atoms with Crippen LogP contribution in [0.2, 0.25) is 0 Å². The Labute approximate surface area is 245 Å². The maximum Gasteiger partial charge on any atom is -0.0623 e. The number of fused-ring (bicyclic) bond motifs is 4. The first-order valence-corrected chi connectivity index (χ1v) is 14.9. The molecule has 0 saturated heterocycles. The second-order valence-corrected chi connectivity index (χ2v) is 8.03. The van der Waals surface area contributed by atoms with Crippen molar-refractivity contribution in [2.75, 3.05) is 0 Å². The minimum Gasteiger partial charge on any atom is -0.150 e. The average molecular weight is 607 g/mol. The molecule has 0 nitrogen and oxygen atoms in total. The molecule has 0 aliphatic heterocycles. The van der Waals surface area contributed by atoms with Gasteiger partial charge in [-0.15, -0.1) is 111 Å². The summed E-state index contributed by atoms with van der Waals surface area (Å²) in [5, 5.41) is 8.11. The number of aryl methyl sites for hydroxylation is 2. The number of hydrogen-bond acceptors (Lipinski definition) is 0. The molecule has 0 N–H and O–H groups in total. The molecule has 6 aromatic rings. The van der Waals surface area contributed by atoms with Crippen LogP contribution in [0.25, 0.3) is 43.4 Å². The maximum absolute atomic E-state index is 3.06. The molecule has 0 amide bonds. The third-order valence-electron chi connectivity index (χ3n) is 5.78. The van der Waals surface area contributed by atoms with Crippen LogP contribution in [-0.4, -0.2) is 6.88 Å². The van der Waals surface area contributed by atoms with Crippen LogP contribution in [0.4, 0.5) is 0 Å². The minimum atomic E-state index is 0. The van der Waals surface area contributed by atoms with Gasteiger partial charge in [-0.1, -0.05) is 77.4 Å². The van der Waals surface area contributed by atoms with Crippen LogP contribution in [0.3, 0.4) is 0 Å². The van der Waals surface area contributed by atoms with Gasteiger partial charge < -0.3 is 14.9 Å². The fraction of sp³-hybridized carbons (Fsp3) is 0.0625. The number of benzene rings is 4. The second kappa shape index (κ2) is 16.0. The van der Waals surface area contributed by atoms with E-state index >= 15 is 0 Å². The number of rotatable bonds is 1. The molecule has 0 spiro atoms. The van der Waals surface area contributed by atoms with Gasteiger partial charge in [-0.25, -0.2) is 0 Å². The van der Waals surface area contributed by atoms with Gasteiger partial charge in [0.1, 0.15) is 0 Å². The van der Waals surface area contributed by atoms with E-state index in [1.807, 2.05) is 0 Å². The Morgan fingerprint density at radius 3 is 1.64 bits per heavy atom. The van der Waals surface area contributed by atoms with Crippen molar-refractivity contribution in [2.24, 2.45) is 0 Å². The van der Waals surface area contributed by atoms with E-state index in [2.05, 4.69) is 130 Å². The molecule has 4 heteroatoms. The van der Waals surface area contributed by atoms with Crippen LogP contribution in [-0.2, 0) is 23.3 Å². The Morgan fingerprint density at radius 1 is 0.583 bits per heavy atom. The van der Waals surface area contributed by atoms with Gasteiger partial charge in [-0.05, 0) is 13.8 Å². The maximum atomic E-state index is 3.06. The predicted molar refractivity (Wildman–Crippen MR) is 165 cm³/mol. The first-order valence-electron chi connectivity index (χ1n) is 10.7. The molecule has 186 valence electrons. The molecular weight excluding hydrogens is 575 g/mol. The van der Waals surface area contributed by atoms with Gasteiger partial charge in [0, 0.05) is 0 Å². The zero-order chi connectivity index (χ0) is 22.5. The van der Waals surface area contributed by atoms with E-state index in [9.17, 15) is 0 Å². The summed E-state index contributed by atoms with van der Waals surface area (Å²) in [7, 11) is 0. The predicted octanol–water partition coefficient (Wildman–Crippen LogP) is 9.92. The zero-order valence-corrected chi connectivity index (χ0v) is 26.3. The summed E-state index contributed by atoms with van der Waals surface area (Å²) in [6.07, 6.45) is 0. The molecule has 0 aliphatic rings. The molecule has 0 aliphatic carbocycles. The van der Waals surface area contributed by atoms with Crippen molar-refractivity contribution in [2.45, 2.75) is 13.8 Å². The standard InChI is InChI=1S/C15H13.C15H11.2CH3.2ClH.Si.Zr/c1-10-3-5-14-12(7-10)9-13-8-11(2)4-6-15(13)14;1-2-6-12(7-3-1)15-11-10-13-8-4-5-9-14(13)15;;;;;;/h3-9H,1-2H3;1-11H;2*1H3;2*1H;;/q4*-1;;;;. The van der Waals surface area contributed by atoms with Gasteiger partial charge in [0.05, 0.1) is 0 Å². The summed E-state index contributed by atoms with van der Waals surface area (Å²) >= 11 is 1.36. The summed E-state index contributed by atoms with van der Waals surface area (Å²) in [5.74, 6) is 0. The molecule has 0 aromatic heterocycles. The first kappa shape index (κ1) is 34.0. The number of hydrogen-bond donors (Lipinski definition) is 0. The Balaban J connectivity index is 0.000000577. The van der Waals surface area contributed by atoms with Gasteiger partial charge in [0.2, 0.25) is 0 Å². The van der Waals surface area contributed by atoms with Crippen molar-refractivity contribution >= 4 is 64.0 Å². The molecule has 0 unspecified atom stereocenters. The van der Waals surface area contributed by atoms with Crippen molar-refractivity contribution < 1.29 is 23.3 Å². The molecule has 0 bridgehead atoms. The van der Waals surface area contributed by atoms with Crippen LogP contribution in [0.5, 0.6) is 0 Å². The smallest absolute Gasteiger partial charge is 0.0623 e. The monoisotopic (exact) mass is 604 g/mol. The molecule has 36 heavy (non-hydrogen) atoms. The molecule has 0 fully saturated rings. The van der Waals surface area contributed by atoms with E-state index in [1.165, 1.54) is 77.9 Å². The van der Waals surface area contributed by atoms with E-state index < -0.39 is 0 Å². The Kier molecular flexibility index (Phi) is 15.1. The molecule has 6 aromatic carbocycles. The quantitative estimate of drug-likeness (QED) is 0.129. The topological polar surface area (TPSA) is 0 Å². The third kappa shape index (κ3) is 7.53. The first-order chi connectivity index (χ1) is 15.7.